The van der Waals surface area contributed by atoms with Gasteiger partial charge >= 0.3 is 0 Å². The monoisotopic (exact) mass is 244 g/mol. The van der Waals surface area contributed by atoms with E-state index in [0.29, 0.717) is 11.8 Å². The summed E-state index contributed by atoms with van der Waals surface area (Å²) < 4.78 is 0. The second-order valence-electron chi connectivity index (χ2n) is 5.70. The molecule has 0 radical (unpaired) electrons. The normalized spacial score (nSPS) is 27.1. The number of nitrogens with one attached hydrogen (secondary N) is 1. The van der Waals surface area contributed by atoms with Gasteiger partial charge in [0.25, 0.3) is 5.91 Å². The highest BCUT2D eigenvalue weighted by Crippen LogP contribution is 2.25. The molecule has 2 unspecified atom stereocenters. The van der Waals surface area contributed by atoms with Crippen LogP contribution in [0.1, 0.15) is 22.3 Å². The van der Waals surface area contributed by atoms with Crippen molar-refractivity contribution in [2.24, 2.45) is 11.8 Å². The van der Waals surface area contributed by atoms with Crippen LogP contribution in [0.25, 0.3) is 0 Å². The number of aryl methyl sites for hydroxylation is 1. The number of carbonyl (C=O) groups excluding carboxylic acids is 1. The summed E-state index contributed by atoms with van der Waals surface area (Å²) in [6.45, 7) is 6.00. The third-order valence-corrected chi connectivity index (χ3v) is 4.08. The molecule has 2 aliphatic heterocycles. The van der Waals surface area contributed by atoms with Crippen molar-refractivity contribution in [1.82, 2.24) is 10.2 Å². The van der Waals surface area contributed by atoms with Crippen LogP contribution in [0, 0.1) is 18.8 Å². The van der Waals surface area contributed by atoms with Crippen LogP contribution >= 0.6 is 0 Å². The first-order valence-electron chi connectivity index (χ1n) is 6.79. The number of amides is 1. The van der Waals surface area contributed by atoms with Gasteiger partial charge < -0.3 is 10.2 Å². The Morgan fingerprint density at radius 1 is 1.17 bits per heavy atom. The van der Waals surface area contributed by atoms with Crippen LogP contribution in [0.4, 0.5) is 0 Å². The Bertz CT molecular complexity index is 428. The molecule has 3 rings (SSSR count). The lowest BCUT2D eigenvalue weighted by atomic mass is 9.85. The summed E-state index contributed by atoms with van der Waals surface area (Å²) >= 11 is 0. The minimum Gasteiger partial charge on any atom is -0.338 e. The summed E-state index contributed by atoms with van der Waals surface area (Å²) in [5.74, 6) is 1.49. The van der Waals surface area contributed by atoms with Crippen LogP contribution in [-0.4, -0.2) is 37.0 Å². The number of fused-ring (bicyclic) bond motifs is 2. The van der Waals surface area contributed by atoms with Crippen molar-refractivity contribution in [1.29, 1.82) is 0 Å². The molecular weight excluding hydrogens is 224 g/mol. The van der Waals surface area contributed by atoms with Crippen molar-refractivity contribution >= 4 is 5.91 Å². The van der Waals surface area contributed by atoms with Crippen molar-refractivity contribution < 1.29 is 4.79 Å². The highest BCUT2D eigenvalue weighted by atomic mass is 16.2. The third-order valence-electron chi connectivity index (χ3n) is 4.08. The molecule has 2 fully saturated rings. The van der Waals surface area contributed by atoms with Gasteiger partial charge in [0, 0.05) is 18.7 Å². The lowest BCUT2D eigenvalue weighted by Gasteiger charge is -2.41. The molecule has 2 aliphatic rings. The molecule has 1 amide bonds. The Labute approximate surface area is 108 Å². The molecule has 1 aromatic carbocycles. The smallest absolute Gasteiger partial charge is 0.253 e. The van der Waals surface area contributed by atoms with Gasteiger partial charge in [-0.25, -0.2) is 0 Å². The van der Waals surface area contributed by atoms with Crippen LogP contribution in [0.5, 0.6) is 0 Å². The van der Waals surface area contributed by atoms with E-state index in [1.807, 2.05) is 36.1 Å². The van der Waals surface area contributed by atoms with E-state index >= 15 is 0 Å². The number of piperidine rings is 2. The Kier molecular flexibility index (Phi) is 3.08. The number of carbonyl (C=O) groups is 1. The average molecular weight is 244 g/mol. The Hall–Kier alpha value is -1.35. The second-order valence-corrected chi connectivity index (χ2v) is 5.70. The SMILES string of the molecule is Cc1ccc(C(=O)N2CC3CNCC(C3)C2)cc1. The Balaban J connectivity index is 1.74. The number of rotatable bonds is 1. The van der Waals surface area contributed by atoms with Crippen molar-refractivity contribution in [3.63, 3.8) is 0 Å². The number of likely N-dealkylation sites (tertiary alicyclic amines) is 1. The van der Waals surface area contributed by atoms with Gasteiger partial charge in [0.05, 0.1) is 0 Å². The quantitative estimate of drug-likeness (QED) is 0.815. The van der Waals surface area contributed by atoms with Crippen LogP contribution in [0.3, 0.4) is 0 Å². The number of hydrogen-bond donors (Lipinski definition) is 1. The number of benzene rings is 1. The van der Waals surface area contributed by atoms with Crippen molar-refractivity contribution in [2.45, 2.75) is 13.3 Å². The van der Waals surface area contributed by atoms with E-state index in [9.17, 15) is 4.79 Å². The van der Waals surface area contributed by atoms with Crippen LogP contribution in [-0.2, 0) is 0 Å². The first kappa shape index (κ1) is 11.7. The standard InChI is InChI=1S/C15H20N2O/c1-11-2-4-14(5-3-11)15(18)17-9-12-6-13(10-17)8-16-7-12/h2-5,12-13,16H,6-10H2,1H3. The largest absolute Gasteiger partial charge is 0.338 e. The van der Waals surface area contributed by atoms with Crippen molar-refractivity contribution in [3.05, 3.63) is 35.4 Å². The maximum absolute atomic E-state index is 12.4. The summed E-state index contributed by atoms with van der Waals surface area (Å²) in [6, 6.07) is 7.92. The zero-order valence-electron chi connectivity index (χ0n) is 10.9. The van der Waals surface area contributed by atoms with Crippen LogP contribution in [0.15, 0.2) is 24.3 Å². The van der Waals surface area contributed by atoms with E-state index in [1.165, 1.54) is 12.0 Å². The summed E-state index contributed by atoms with van der Waals surface area (Å²) in [4.78, 5) is 14.5. The van der Waals surface area contributed by atoms with E-state index in [-0.39, 0.29) is 5.91 Å². The minimum atomic E-state index is 0.201. The molecule has 18 heavy (non-hydrogen) atoms. The summed E-state index contributed by atoms with van der Waals surface area (Å²) in [7, 11) is 0. The highest BCUT2D eigenvalue weighted by Gasteiger charge is 2.32. The molecule has 0 aliphatic carbocycles. The fourth-order valence-corrected chi connectivity index (χ4v) is 3.15. The van der Waals surface area contributed by atoms with Crippen molar-refractivity contribution in [2.75, 3.05) is 26.2 Å². The first-order valence-corrected chi connectivity index (χ1v) is 6.79. The van der Waals surface area contributed by atoms with Crippen molar-refractivity contribution in [3.8, 4) is 0 Å². The molecule has 2 atom stereocenters. The molecule has 1 aromatic rings. The fourth-order valence-electron chi connectivity index (χ4n) is 3.15. The molecule has 0 aromatic heterocycles. The topological polar surface area (TPSA) is 32.3 Å². The van der Waals surface area contributed by atoms with Gasteiger partial charge in [-0.15, -0.1) is 0 Å². The summed E-state index contributed by atoms with van der Waals surface area (Å²) in [5, 5.41) is 3.46. The molecule has 3 heteroatoms. The van der Waals surface area contributed by atoms with E-state index in [2.05, 4.69) is 5.32 Å². The maximum Gasteiger partial charge on any atom is 0.253 e. The van der Waals surface area contributed by atoms with Gasteiger partial charge in [-0.05, 0) is 50.4 Å². The molecule has 2 heterocycles. The van der Waals surface area contributed by atoms with Gasteiger partial charge in [0.2, 0.25) is 0 Å². The molecule has 96 valence electrons. The van der Waals surface area contributed by atoms with Gasteiger partial charge in [-0.1, -0.05) is 17.7 Å². The van der Waals surface area contributed by atoms with Crippen LogP contribution < -0.4 is 5.32 Å². The third kappa shape index (κ3) is 2.27. The predicted molar refractivity (Wildman–Crippen MR) is 71.5 cm³/mol. The van der Waals surface area contributed by atoms with Gasteiger partial charge in [-0.3, -0.25) is 4.79 Å². The lowest BCUT2D eigenvalue weighted by Crippen LogP contribution is -2.52. The van der Waals surface area contributed by atoms with Gasteiger partial charge in [0.15, 0.2) is 0 Å². The fraction of sp³-hybridized carbons (Fsp3) is 0.533. The van der Waals surface area contributed by atoms with E-state index < -0.39 is 0 Å². The zero-order valence-corrected chi connectivity index (χ0v) is 10.9. The minimum absolute atomic E-state index is 0.201. The number of nitrogens with zero attached hydrogens (tertiary/aromatic N) is 1. The summed E-state index contributed by atoms with van der Waals surface area (Å²) in [6.07, 6.45) is 1.28. The van der Waals surface area contributed by atoms with Gasteiger partial charge in [0.1, 0.15) is 0 Å². The molecule has 0 saturated carbocycles. The second kappa shape index (κ2) is 4.73. The predicted octanol–water partition coefficient (Wildman–Crippen LogP) is 1.68. The van der Waals surface area contributed by atoms with Crippen LogP contribution in [0.2, 0.25) is 0 Å². The van der Waals surface area contributed by atoms with E-state index in [0.717, 1.165) is 31.7 Å². The number of hydrogen-bond acceptors (Lipinski definition) is 2. The molecule has 0 spiro atoms. The molecule has 3 nitrogen and oxygen atoms in total. The molecular formula is C15H20N2O. The maximum atomic E-state index is 12.4. The molecule has 2 bridgehead atoms. The first-order chi connectivity index (χ1) is 8.72. The lowest BCUT2D eigenvalue weighted by molar-refractivity contribution is 0.0538. The zero-order chi connectivity index (χ0) is 12.5. The molecule has 2 saturated heterocycles. The summed E-state index contributed by atoms with van der Waals surface area (Å²) in [5.41, 5.74) is 2.03. The highest BCUT2D eigenvalue weighted by molar-refractivity contribution is 5.94. The Morgan fingerprint density at radius 2 is 1.78 bits per heavy atom. The Morgan fingerprint density at radius 3 is 2.39 bits per heavy atom. The van der Waals surface area contributed by atoms with Gasteiger partial charge in [-0.2, -0.15) is 0 Å². The van der Waals surface area contributed by atoms with E-state index in [4.69, 9.17) is 0 Å². The average Bonchev–Trinajstić information content (AvgIpc) is 2.38. The van der Waals surface area contributed by atoms with E-state index in [1.54, 1.807) is 0 Å². The molecule has 1 N–H and O–H groups in total.